The molecule has 2 aromatic rings. The Balaban J connectivity index is 1.87. The lowest BCUT2D eigenvalue weighted by atomic mass is 9.95. The van der Waals surface area contributed by atoms with Crippen LogP contribution in [0.4, 0.5) is 11.4 Å². The summed E-state index contributed by atoms with van der Waals surface area (Å²) in [5, 5.41) is 18.7. The molecule has 3 rings (SSSR count). The number of hydrogen-bond acceptors (Lipinski definition) is 6. The quantitative estimate of drug-likeness (QED) is 0.640. The first-order chi connectivity index (χ1) is 11.5. The van der Waals surface area contributed by atoms with Crippen LogP contribution in [0, 0.1) is 10.1 Å². The molecule has 0 aliphatic heterocycles. The Morgan fingerprint density at radius 2 is 2.04 bits per heavy atom. The van der Waals surface area contributed by atoms with Crippen molar-refractivity contribution in [3.63, 3.8) is 0 Å². The third kappa shape index (κ3) is 3.55. The maximum atomic E-state index is 11.5. The summed E-state index contributed by atoms with van der Waals surface area (Å²) in [4.78, 5) is 15.4. The molecular weight excluding hydrogens is 308 g/mol. The van der Waals surface area contributed by atoms with Gasteiger partial charge in [-0.15, -0.1) is 0 Å². The van der Waals surface area contributed by atoms with Crippen LogP contribution in [0.25, 0.3) is 11.5 Å². The third-order valence-electron chi connectivity index (χ3n) is 4.36. The van der Waals surface area contributed by atoms with Crippen molar-refractivity contribution in [3.05, 3.63) is 34.1 Å². The van der Waals surface area contributed by atoms with Gasteiger partial charge in [-0.05, 0) is 25.0 Å². The molecule has 1 aliphatic rings. The Morgan fingerprint density at radius 3 is 2.67 bits per heavy atom. The minimum absolute atomic E-state index is 0.0439. The fourth-order valence-electron chi connectivity index (χ4n) is 2.99. The molecule has 0 saturated heterocycles. The van der Waals surface area contributed by atoms with Gasteiger partial charge in [0.05, 0.1) is 4.92 Å². The highest BCUT2D eigenvalue weighted by Crippen LogP contribution is 2.32. The van der Waals surface area contributed by atoms with E-state index in [2.05, 4.69) is 15.5 Å². The van der Waals surface area contributed by atoms with Gasteiger partial charge in [-0.1, -0.05) is 38.3 Å². The van der Waals surface area contributed by atoms with Crippen molar-refractivity contribution in [1.29, 1.82) is 0 Å². The minimum atomic E-state index is -0.367. The average Bonchev–Trinajstić information content (AvgIpc) is 3.06. The molecule has 7 nitrogen and oxygen atoms in total. The second-order valence-electron chi connectivity index (χ2n) is 6.58. The summed E-state index contributed by atoms with van der Waals surface area (Å²) in [6.07, 6.45) is 5.70. The van der Waals surface area contributed by atoms with Gasteiger partial charge in [-0.25, -0.2) is 0 Å². The van der Waals surface area contributed by atoms with Crippen LogP contribution in [0.15, 0.2) is 22.7 Å². The molecule has 7 heteroatoms. The van der Waals surface area contributed by atoms with E-state index < -0.39 is 0 Å². The molecule has 128 valence electrons. The monoisotopic (exact) mass is 330 g/mol. The van der Waals surface area contributed by atoms with Gasteiger partial charge in [-0.2, -0.15) is 4.98 Å². The van der Waals surface area contributed by atoms with E-state index in [1.165, 1.54) is 25.3 Å². The molecule has 0 bridgehead atoms. The zero-order chi connectivity index (χ0) is 17.1. The number of benzene rings is 1. The molecule has 0 radical (unpaired) electrons. The summed E-state index contributed by atoms with van der Waals surface area (Å²) in [5.41, 5.74) is 1.16. The van der Waals surface area contributed by atoms with Crippen LogP contribution in [0.5, 0.6) is 0 Å². The summed E-state index contributed by atoms with van der Waals surface area (Å²) in [7, 11) is 0. The van der Waals surface area contributed by atoms with Crippen LogP contribution in [0.3, 0.4) is 0 Å². The first-order valence-electron chi connectivity index (χ1n) is 8.43. The Bertz CT molecular complexity index is 720. The summed E-state index contributed by atoms with van der Waals surface area (Å²) < 4.78 is 5.23. The van der Waals surface area contributed by atoms with Crippen LogP contribution >= 0.6 is 0 Å². The van der Waals surface area contributed by atoms with Crippen LogP contribution in [-0.2, 0) is 0 Å². The van der Waals surface area contributed by atoms with Crippen LogP contribution < -0.4 is 5.32 Å². The molecule has 0 spiro atoms. The maximum absolute atomic E-state index is 11.5. The Morgan fingerprint density at radius 1 is 1.29 bits per heavy atom. The summed E-state index contributed by atoms with van der Waals surface area (Å²) in [6.45, 7) is 3.93. The minimum Gasteiger partial charge on any atom is -0.377 e. The van der Waals surface area contributed by atoms with E-state index in [0.29, 0.717) is 29.0 Å². The van der Waals surface area contributed by atoms with Gasteiger partial charge in [0.25, 0.3) is 11.6 Å². The largest absolute Gasteiger partial charge is 0.377 e. The SMILES string of the molecule is CC(C)c1noc(-c2ccc(NC3CCCCC3)c([N+](=O)[O-])c2)n1. The van der Waals surface area contributed by atoms with Crippen molar-refractivity contribution < 1.29 is 9.45 Å². The molecule has 1 saturated carbocycles. The third-order valence-corrected chi connectivity index (χ3v) is 4.36. The van der Waals surface area contributed by atoms with Crippen molar-refractivity contribution in [2.75, 3.05) is 5.32 Å². The van der Waals surface area contributed by atoms with Crippen molar-refractivity contribution in [2.45, 2.75) is 57.9 Å². The van der Waals surface area contributed by atoms with Crippen LogP contribution in [-0.4, -0.2) is 21.1 Å². The normalized spacial score (nSPS) is 15.6. The topological polar surface area (TPSA) is 94.1 Å². The van der Waals surface area contributed by atoms with Crippen molar-refractivity contribution in [2.24, 2.45) is 0 Å². The van der Waals surface area contributed by atoms with Gasteiger partial charge in [0.2, 0.25) is 0 Å². The van der Waals surface area contributed by atoms with E-state index in [-0.39, 0.29) is 16.5 Å². The number of nitrogens with zero attached hydrogens (tertiary/aromatic N) is 3. The molecule has 0 unspecified atom stereocenters. The molecule has 1 aliphatic carbocycles. The summed E-state index contributed by atoms with van der Waals surface area (Å²) >= 11 is 0. The number of aromatic nitrogens is 2. The van der Waals surface area contributed by atoms with Gasteiger partial charge in [0, 0.05) is 23.6 Å². The highest BCUT2D eigenvalue weighted by Gasteiger charge is 2.21. The molecule has 1 aromatic carbocycles. The number of nitrogens with one attached hydrogen (secondary N) is 1. The summed E-state index contributed by atoms with van der Waals surface area (Å²) in [5.74, 6) is 1.05. The van der Waals surface area contributed by atoms with E-state index in [1.807, 2.05) is 13.8 Å². The lowest BCUT2D eigenvalue weighted by molar-refractivity contribution is -0.383. The molecule has 1 fully saturated rings. The van der Waals surface area contributed by atoms with E-state index in [9.17, 15) is 10.1 Å². The Kier molecular flexibility index (Phi) is 4.78. The maximum Gasteiger partial charge on any atom is 0.293 e. The molecule has 0 atom stereocenters. The molecule has 0 amide bonds. The molecule has 1 heterocycles. The van der Waals surface area contributed by atoms with Crippen molar-refractivity contribution >= 4 is 11.4 Å². The number of hydrogen-bond donors (Lipinski definition) is 1. The Hall–Kier alpha value is -2.44. The van der Waals surface area contributed by atoms with Gasteiger partial charge in [0.1, 0.15) is 5.69 Å². The number of nitro benzene ring substituents is 1. The second-order valence-corrected chi connectivity index (χ2v) is 6.58. The first-order valence-corrected chi connectivity index (χ1v) is 8.43. The van der Waals surface area contributed by atoms with Crippen molar-refractivity contribution in [3.8, 4) is 11.5 Å². The van der Waals surface area contributed by atoms with Gasteiger partial charge in [0.15, 0.2) is 5.82 Å². The van der Waals surface area contributed by atoms with E-state index in [1.54, 1.807) is 12.1 Å². The molecule has 1 N–H and O–H groups in total. The summed E-state index contributed by atoms with van der Waals surface area (Å²) in [6, 6.07) is 5.33. The highest BCUT2D eigenvalue weighted by molar-refractivity contribution is 5.70. The number of rotatable bonds is 5. The van der Waals surface area contributed by atoms with E-state index >= 15 is 0 Å². The lowest BCUT2D eigenvalue weighted by Crippen LogP contribution is -2.22. The fraction of sp³-hybridized carbons (Fsp3) is 0.529. The van der Waals surface area contributed by atoms with E-state index in [4.69, 9.17) is 4.52 Å². The Labute approximate surface area is 140 Å². The number of nitro groups is 1. The highest BCUT2D eigenvalue weighted by atomic mass is 16.6. The molecule has 1 aromatic heterocycles. The standard InChI is InChI=1S/C17H22N4O3/c1-11(2)16-19-17(24-20-16)12-8-9-14(15(10-12)21(22)23)18-13-6-4-3-5-7-13/h8-11,13,18H,3-7H2,1-2H3. The van der Waals surface area contributed by atoms with Gasteiger partial charge in [-0.3, -0.25) is 10.1 Å². The smallest absolute Gasteiger partial charge is 0.293 e. The number of anilines is 1. The van der Waals surface area contributed by atoms with E-state index in [0.717, 1.165) is 12.8 Å². The van der Waals surface area contributed by atoms with Crippen molar-refractivity contribution in [1.82, 2.24) is 10.1 Å². The zero-order valence-corrected chi connectivity index (χ0v) is 14.0. The zero-order valence-electron chi connectivity index (χ0n) is 14.0. The van der Waals surface area contributed by atoms with Gasteiger partial charge < -0.3 is 9.84 Å². The van der Waals surface area contributed by atoms with Gasteiger partial charge >= 0.3 is 0 Å². The first kappa shape index (κ1) is 16.4. The second kappa shape index (κ2) is 6.98. The lowest BCUT2D eigenvalue weighted by Gasteiger charge is -2.23. The van der Waals surface area contributed by atoms with Crippen LogP contribution in [0.2, 0.25) is 0 Å². The average molecular weight is 330 g/mol. The predicted octanol–water partition coefficient (Wildman–Crippen LogP) is 4.51. The molecule has 24 heavy (non-hydrogen) atoms. The predicted molar refractivity (Wildman–Crippen MR) is 91.0 cm³/mol. The van der Waals surface area contributed by atoms with Crippen LogP contribution in [0.1, 0.15) is 57.7 Å². The molecular formula is C17H22N4O3. The fourth-order valence-corrected chi connectivity index (χ4v) is 2.99.